The van der Waals surface area contributed by atoms with Crippen LogP contribution in [0.3, 0.4) is 0 Å². The van der Waals surface area contributed by atoms with Crippen LogP contribution in [0.4, 0.5) is 5.69 Å². The average molecular weight is 348 g/mol. The van der Waals surface area contributed by atoms with Gasteiger partial charge in [-0.05, 0) is 50.1 Å². The van der Waals surface area contributed by atoms with Crippen molar-refractivity contribution in [2.24, 2.45) is 0 Å². The molecule has 2 aromatic carbocycles. The molecule has 0 fully saturated rings. The van der Waals surface area contributed by atoms with E-state index in [1.807, 2.05) is 45.0 Å². The minimum absolute atomic E-state index is 0.169. The Bertz CT molecular complexity index is 648. The molecular formula is C17H18BrNO2. The van der Waals surface area contributed by atoms with Crippen LogP contribution in [0.25, 0.3) is 0 Å². The number of anilines is 1. The molecule has 2 rings (SSSR count). The Kier molecular flexibility index (Phi) is 5.02. The fourth-order valence-electron chi connectivity index (χ4n) is 2.15. The van der Waals surface area contributed by atoms with Gasteiger partial charge in [-0.25, -0.2) is 0 Å². The van der Waals surface area contributed by atoms with Gasteiger partial charge in [0.1, 0.15) is 5.75 Å². The number of rotatable bonds is 4. The van der Waals surface area contributed by atoms with Crippen LogP contribution >= 0.6 is 15.9 Å². The van der Waals surface area contributed by atoms with E-state index in [4.69, 9.17) is 4.74 Å². The Labute approximate surface area is 133 Å². The lowest BCUT2D eigenvalue weighted by Crippen LogP contribution is -2.15. The number of carbonyl (C=O) groups excluding carboxylic acids is 1. The number of halogens is 1. The number of hydrogen-bond donors (Lipinski definition) is 1. The second-order valence-electron chi connectivity index (χ2n) is 4.79. The largest absolute Gasteiger partial charge is 0.493 e. The molecule has 1 N–H and O–H groups in total. The van der Waals surface area contributed by atoms with Gasteiger partial charge >= 0.3 is 0 Å². The third-order valence-electron chi connectivity index (χ3n) is 3.21. The summed E-state index contributed by atoms with van der Waals surface area (Å²) in [6.45, 7) is 6.38. The first-order valence-corrected chi connectivity index (χ1v) is 7.62. The minimum Gasteiger partial charge on any atom is -0.493 e. The molecule has 110 valence electrons. The zero-order valence-corrected chi connectivity index (χ0v) is 14.0. The summed E-state index contributed by atoms with van der Waals surface area (Å²) < 4.78 is 6.37. The van der Waals surface area contributed by atoms with Crippen molar-refractivity contribution in [3.05, 3.63) is 57.6 Å². The van der Waals surface area contributed by atoms with E-state index in [1.54, 1.807) is 12.1 Å². The van der Waals surface area contributed by atoms with E-state index in [-0.39, 0.29) is 5.91 Å². The molecule has 0 heterocycles. The van der Waals surface area contributed by atoms with Gasteiger partial charge in [-0.1, -0.05) is 34.1 Å². The van der Waals surface area contributed by atoms with Gasteiger partial charge in [0.25, 0.3) is 5.91 Å². The number of para-hydroxylation sites is 1. The van der Waals surface area contributed by atoms with Crippen LogP contribution in [-0.2, 0) is 0 Å². The van der Waals surface area contributed by atoms with Crippen molar-refractivity contribution < 1.29 is 9.53 Å². The van der Waals surface area contributed by atoms with E-state index in [1.165, 1.54) is 0 Å². The molecule has 0 radical (unpaired) electrons. The highest BCUT2D eigenvalue weighted by molar-refractivity contribution is 9.10. The molecule has 0 bridgehead atoms. The summed E-state index contributed by atoms with van der Waals surface area (Å²) in [4.78, 5) is 12.6. The number of nitrogens with one attached hydrogen (secondary N) is 1. The fourth-order valence-corrected chi connectivity index (χ4v) is 2.51. The highest BCUT2D eigenvalue weighted by atomic mass is 79.9. The molecule has 0 aliphatic heterocycles. The van der Waals surface area contributed by atoms with Crippen molar-refractivity contribution in [1.82, 2.24) is 0 Å². The summed E-state index contributed by atoms with van der Waals surface area (Å²) in [6.07, 6.45) is 0. The molecule has 0 unspecified atom stereocenters. The molecule has 3 nitrogen and oxygen atoms in total. The summed E-state index contributed by atoms with van der Waals surface area (Å²) >= 11 is 3.39. The van der Waals surface area contributed by atoms with Gasteiger partial charge in [-0.3, -0.25) is 4.79 Å². The van der Waals surface area contributed by atoms with Crippen molar-refractivity contribution in [2.75, 3.05) is 11.9 Å². The Morgan fingerprint density at radius 2 is 1.86 bits per heavy atom. The van der Waals surface area contributed by atoms with Crippen molar-refractivity contribution in [1.29, 1.82) is 0 Å². The molecular weight excluding hydrogens is 330 g/mol. The first kappa shape index (κ1) is 15.6. The first-order valence-electron chi connectivity index (χ1n) is 6.83. The maximum absolute atomic E-state index is 12.6. The number of hydrogen-bond acceptors (Lipinski definition) is 2. The van der Waals surface area contributed by atoms with E-state index < -0.39 is 0 Å². The SMILES string of the molecule is CCOc1ccc(Br)cc1C(=O)Nc1c(C)cccc1C. The summed E-state index contributed by atoms with van der Waals surface area (Å²) in [5.41, 5.74) is 3.45. The van der Waals surface area contributed by atoms with E-state index in [0.717, 1.165) is 21.3 Å². The number of amides is 1. The lowest BCUT2D eigenvalue weighted by Gasteiger charge is -2.14. The van der Waals surface area contributed by atoms with Crippen molar-refractivity contribution in [3.8, 4) is 5.75 Å². The molecule has 0 atom stereocenters. The highest BCUT2D eigenvalue weighted by Crippen LogP contribution is 2.26. The first-order chi connectivity index (χ1) is 10.0. The molecule has 0 aromatic heterocycles. The van der Waals surface area contributed by atoms with E-state index in [0.29, 0.717) is 17.9 Å². The van der Waals surface area contributed by atoms with Gasteiger partial charge in [0.2, 0.25) is 0 Å². The number of carbonyl (C=O) groups is 1. The molecule has 2 aromatic rings. The van der Waals surface area contributed by atoms with Crippen LogP contribution < -0.4 is 10.1 Å². The van der Waals surface area contributed by atoms with Crippen molar-refractivity contribution in [3.63, 3.8) is 0 Å². The molecule has 0 saturated carbocycles. The second-order valence-corrected chi connectivity index (χ2v) is 5.71. The Balaban J connectivity index is 2.34. The minimum atomic E-state index is -0.169. The predicted molar refractivity (Wildman–Crippen MR) is 89.2 cm³/mol. The molecule has 4 heteroatoms. The van der Waals surface area contributed by atoms with Crippen molar-refractivity contribution >= 4 is 27.5 Å². The lowest BCUT2D eigenvalue weighted by atomic mass is 10.1. The molecule has 0 saturated heterocycles. The van der Waals surface area contributed by atoms with E-state index in [2.05, 4.69) is 21.2 Å². The zero-order chi connectivity index (χ0) is 15.4. The maximum Gasteiger partial charge on any atom is 0.259 e. The van der Waals surface area contributed by atoms with Crippen molar-refractivity contribution in [2.45, 2.75) is 20.8 Å². The monoisotopic (exact) mass is 347 g/mol. The summed E-state index contributed by atoms with van der Waals surface area (Å²) in [7, 11) is 0. The van der Waals surface area contributed by atoms with Crippen LogP contribution in [0.15, 0.2) is 40.9 Å². The van der Waals surface area contributed by atoms with Crippen LogP contribution in [-0.4, -0.2) is 12.5 Å². The average Bonchev–Trinajstić information content (AvgIpc) is 2.45. The third-order valence-corrected chi connectivity index (χ3v) is 3.70. The Morgan fingerprint density at radius 1 is 1.19 bits per heavy atom. The summed E-state index contributed by atoms with van der Waals surface area (Å²) in [6, 6.07) is 11.4. The fraction of sp³-hybridized carbons (Fsp3) is 0.235. The lowest BCUT2D eigenvalue weighted by molar-refractivity contribution is 0.102. The maximum atomic E-state index is 12.6. The van der Waals surface area contributed by atoms with Gasteiger partial charge in [-0.15, -0.1) is 0 Å². The quantitative estimate of drug-likeness (QED) is 0.868. The molecule has 1 amide bonds. The number of ether oxygens (including phenoxy) is 1. The topological polar surface area (TPSA) is 38.3 Å². The Hall–Kier alpha value is -1.81. The van der Waals surface area contributed by atoms with Crippen LogP contribution in [0.5, 0.6) is 5.75 Å². The zero-order valence-electron chi connectivity index (χ0n) is 12.4. The van der Waals surface area contributed by atoms with E-state index >= 15 is 0 Å². The number of aryl methyl sites for hydroxylation is 2. The normalized spacial score (nSPS) is 10.3. The van der Waals surface area contributed by atoms with Gasteiger partial charge in [-0.2, -0.15) is 0 Å². The Morgan fingerprint density at radius 3 is 2.48 bits per heavy atom. The van der Waals surface area contributed by atoms with Gasteiger partial charge in [0, 0.05) is 10.2 Å². The summed E-state index contributed by atoms with van der Waals surface area (Å²) in [5.74, 6) is 0.418. The van der Waals surface area contributed by atoms with Crippen LogP contribution in [0.1, 0.15) is 28.4 Å². The van der Waals surface area contributed by atoms with Crippen LogP contribution in [0.2, 0.25) is 0 Å². The number of benzene rings is 2. The highest BCUT2D eigenvalue weighted by Gasteiger charge is 2.15. The molecule has 21 heavy (non-hydrogen) atoms. The van der Waals surface area contributed by atoms with Gasteiger partial charge in [0.05, 0.1) is 12.2 Å². The van der Waals surface area contributed by atoms with E-state index in [9.17, 15) is 4.79 Å². The molecule has 0 aliphatic carbocycles. The smallest absolute Gasteiger partial charge is 0.259 e. The molecule has 0 spiro atoms. The summed E-state index contributed by atoms with van der Waals surface area (Å²) in [5, 5.41) is 2.98. The third kappa shape index (κ3) is 3.64. The van der Waals surface area contributed by atoms with Gasteiger partial charge < -0.3 is 10.1 Å². The molecule has 0 aliphatic rings. The van der Waals surface area contributed by atoms with Gasteiger partial charge in [0.15, 0.2) is 0 Å². The predicted octanol–water partition coefficient (Wildman–Crippen LogP) is 4.72. The van der Waals surface area contributed by atoms with Crippen LogP contribution in [0, 0.1) is 13.8 Å². The second kappa shape index (κ2) is 6.76. The standard InChI is InChI=1S/C17H18BrNO2/c1-4-21-15-9-8-13(18)10-14(15)17(20)19-16-11(2)6-5-7-12(16)3/h5-10H,4H2,1-3H3,(H,19,20).